The SMILES string of the molecule is CCN(CCC(=O)O)C(=O)c1ccccc1SC(C)C. The minimum atomic E-state index is -0.888. The second-order valence-electron chi connectivity index (χ2n) is 4.69. The van der Waals surface area contributed by atoms with Gasteiger partial charge in [0.25, 0.3) is 5.91 Å². The summed E-state index contributed by atoms with van der Waals surface area (Å²) < 4.78 is 0. The molecular formula is C15H21NO3S. The highest BCUT2D eigenvalue weighted by Crippen LogP contribution is 2.27. The summed E-state index contributed by atoms with van der Waals surface area (Å²) in [6, 6.07) is 7.48. The van der Waals surface area contributed by atoms with Crippen molar-refractivity contribution in [1.82, 2.24) is 4.90 Å². The summed E-state index contributed by atoms with van der Waals surface area (Å²) in [6.45, 7) is 6.76. The van der Waals surface area contributed by atoms with Crippen molar-refractivity contribution in [2.75, 3.05) is 13.1 Å². The molecular weight excluding hydrogens is 274 g/mol. The monoisotopic (exact) mass is 295 g/mol. The van der Waals surface area contributed by atoms with Gasteiger partial charge in [0.1, 0.15) is 0 Å². The quantitative estimate of drug-likeness (QED) is 0.785. The zero-order valence-corrected chi connectivity index (χ0v) is 12.9. The van der Waals surface area contributed by atoms with Gasteiger partial charge in [0.2, 0.25) is 0 Å². The fourth-order valence-corrected chi connectivity index (χ4v) is 2.75. The standard InChI is InChI=1S/C15H21NO3S/c1-4-16(10-9-14(17)18)15(19)12-7-5-6-8-13(12)20-11(2)3/h5-8,11H,4,9-10H2,1-3H3,(H,17,18). The molecule has 0 saturated heterocycles. The Hall–Kier alpha value is -1.49. The van der Waals surface area contributed by atoms with Crippen LogP contribution in [-0.4, -0.2) is 40.2 Å². The summed E-state index contributed by atoms with van der Waals surface area (Å²) in [6.07, 6.45) is -0.0287. The summed E-state index contributed by atoms with van der Waals surface area (Å²) in [5.74, 6) is -0.987. The zero-order valence-electron chi connectivity index (χ0n) is 12.1. The van der Waals surface area contributed by atoms with E-state index in [1.165, 1.54) is 0 Å². The molecule has 0 heterocycles. The van der Waals surface area contributed by atoms with E-state index >= 15 is 0 Å². The van der Waals surface area contributed by atoms with Crippen LogP contribution in [0.3, 0.4) is 0 Å². The lowest BCUT2D eigenvalue weighted by Crippen LogP contribution is -2.33. The van der Waals surface area contributed by atoms with Crippen molar-refractivity contribution < 1.29 is 14.7 Å². The third kappa shape index (κ3) is 4.89. The van der Waals surface area contributed by atoms with Gasteiger partial charge in [0, 0.05) is 23.2 Å². The van der Waals surface area contributed by atoms with Crippen LogP contribution in [0.1, 0.15) is 37.6 Å². The first-order valence-corrected chi connectivity index (χ1v) is 7.60. The van der Waals surface area contributed by atoms with Crippen LogP contribution in [0, 0.1) is 0 Å². The van der Waals surface area contributed by atoms with Gasteiger partial charge < -0.3 is 10.0 Å². The summed E-state index contributed by atoms with van der Waals surface area (Å²) >= 11 is 1.64. The first kappa shape index (κ1) is 16.6. The fourth-order valence-electron chi connectivity index (χ4n) is 1.80. The number of thioether (sulfide) groups is 1. The minimum Gasteiger partial charge on any atom is -0.481 e. The van der Waals surface area contributed by atoms with Crippen molar-refractivity contribution in [3.05, 3.63) is 29.8 Å². The first-order valence-electron chi connectivity index (χ1n) is 6.72. The number of amides is 1. The number of hydrogen-bond donors (Lipinski definition) is 1. The number of benzene rings is 1. The molecule has 0 spiro atoms. The molecule has 5 heteroatoms. The van der Waals surface area contributed by atoms with E-state index in [9.17, 15) is 9.59 Å². The van der Waals surface area contributed by atoms with E-state index in [1.807, 2.05) is 25.1 Å². The van der Waals surface area contributed by atoms with E-state index in [0.29, 0.717) is 17.4 Å². The van der Waals surface area contributed by atoms with Gasteiger partial charge in [-0.3, -0.25) is 9.59 Å². The Morgan fingerprint density at radius 2 is 1.95 bits per heavy atom. The molecule has 0 atom stereocenters. The van der Waals surface area contributed by atoms with Crippen LogP contribution in [0.2, 0.25) is 0 Å². The van der Waals surface area contributed by atoms with E-state index in [4.69, 9.17) is 5.11 Å². The number of hydrogen-bond acceptors (Lipinski definition) is 3. The highest BCUT2D eigenvalue weighted by Gasteiger charge is 2.18. The molecule has 20 heavy (non-hydrogen) atoms. The normalized spacial score (nSPS) is 10.6. The van der Waals surface area contributed by atoms with E-state index in [1.54, 1.807) is 22.7 Å². The molecule has 0 unspecified atom stereocenters. The van der Waals surface area contributed by atoms with Crippen LogP contribution < -0.4 is 0 Å². The van der Waals surface area contributed by atoms with E-state index in [2.05, 4.69) is 13.8 Å². The summed E-state index contributed by atoms with van der Waals surface area (Å²) in [4.78, 5) is 25.7. The van der Waals surface area contributed by atoms with Crippen LogP contribution in [0.15, 0.2) is 29.2 Å². The molecule has 0 bridgehead atoms. The van der Waals surface area contributed by atoms with Gasteiger partial charge in [-0.15, -0.1) is 11.8 Å². The molecule has 1 rings (SSSR count). The lowest BCUT2D eigenvalue weighted by Gasteiger charge is -2.21. The summed E-state index contributed by atoms with van der Waals surface area (Å²) in [5, 5.41) is 9.13. The summed E-state index contributed by atoms with van der Waals surface area (Å²) in [5.41, 5.74) is 0.651. The van der Waals surface area contributed by atoms with Crippen molar-refractivity contribution in [3.8, 4) is 0 Å². The van der Waals surface area contributed by atoms with Crippen LogP contribution in [0.5, 0.6) is 0 Å². The Labute approximate surface area is 124 Å². The molecule has 110 valence electrons. The Morgan fingerprint density at radius 1 is 1.30 bits per heavy atom. The molecule has 1 amide bonds. The van der Waals surface area contributed by atoms with Crippen LogP contribution in [0.25, 0.3) is 0 Å². The molecule has 0 aliphatic carbocycles. The van der Waals surface area contributed by atoms with Gasteiger partial charge in [0.15, 0.2) is 0 Å². The third-order valence-electron chi connectivity index (χ3n) is 2.74. The second-order valence-corrected chi connectivity index (χ2v) is 6.31. The number of carboxylic acids is 1. The predicted molar refractivity (Wildman–Crippen MR) is 81.3 cm³/mol. The average molecular weight is 295 g/mol. The minimum absolute atomic E-state index is 0.0287. The third-order valence-corrected chi connectivity index (χ3v) is 3.83. The fraction of sp³-hybridized carbons (Fsp3) is 0.467. The van der Waals surface area contributed by atoms with Gasteiger partial charge in [0.05, 0.1) is 12.0 Å². The molecule has 0 radical (unpaired) electrons. The lowest BCUT2D eigenvalue weighted by atomic mass is 10.2. The smallest absolute Gasteiger partial charge is 0.305 e. The first-order chi connectivity index (χ1) is 9.45. The average Bonchev–Trinajstić information content (AvgIpc) is 2.38. The Kier molecular flexibility index (Phi) is 6.58. The number of carbonyl (C=O) groups is 2. The van der Waals surface area contributed by atoms with Crippen molar-refractivity contribution in [1.29, 1.82) is 0 Å². The van der Waals surface area contributed by atoms with Gasteiger partial charge in [-0.25, -0.2) is 0 Å². The zero-order chi connectivity index (χ0) is 15.1. The Bertz CT molecular complexity index is 474. The van der Waals surface area contributed by atoms with Gasteiger partial charge >= 0.3 is 5.97 Å². The molecule has 0 aliphatic rings. The maximum absolute atomic E-state index is 12.5. The molecule has 0 saturated carbocycles. The molecule has 0 fully saturated rings. The van der Waals surface area contributed by atoms with Gasteiger partial charge in [-0.2, -0.15) is 0 Å². The number of carbonyl (C=O) groups excluding carboxylic acids is 1. The van der Waals surface area contributed by atoms with Crippen molar-refractivity contribution in [2.24, 2.45) is 0 Å². The predicted octanol–water partition coefficient (Wildman–Crippen LogP) is 3.12. The Morgan fingerprint density at radius 3 is 2.50 bits per heavy atom. The van der Waals surface area contributed by atoms with E-state index in [0.717, 1.165) is 4.90 Å². The van der Waals surface area contributed by atoms with Crippen LogP contribution >= 0.6 is 11.8 Å². The lowest BCUT2D eigenvalue weighted by molar-refractivity contribution is -0.137. The van der Waals surface area contributed by atoms with E-state index in [-0.39, 0.29) is 18.9 Å². The molecule has 1 aromatic rings. The van der Waals surface area contributed by atoms with Gasteiger partial charge in [-0.05, 0) is 19.1 Å². The summed E-state index contributed by atoms with van der Waals surface area (Å²) in [7, 11) is 0. The maximum Gasteiger partial charge on any atom is 0.305 e. The van der Waals surface area contributed by atoms with Gasteiger partial charge in [-0.1, -0.05) is 26.0 Å². The maximum atomic E-state index is 12.5. The van der Waals surface area contributed by atoms with Crippen molar-refractivity contribution in [2.45, 2.75) is 37.3 Å². The number of carboxylic acid groups (broad SMARTS) is 1. The van der Waals surface area contributed by atoms with E-state index < -0.39 is 5.97 Å². The highest BCUT2D eigenvalue weighted by molar-refractivity contribution is 8.00. The van der Waals surface area contributed by atoms with Crippen molar-refractivity contribution in [3.63, 3.8) is 0 Å². The van der Waals surface area contributed by atoms with Crippen molar-refractivity contribution >= 4 is 23.6 Å². The number of aliphatic carboxylic acids is 1. The van der Waals surface area contributed by atoms with Crippen LogP contribution in [-0.2, 0) is 4.79 Å². The highest BCUT2D eigenvalue weighted by atomic mass is 32.2. The topological polar surface area (TPSA) is 57.6 Å². The molecule has 0 aromatic heterocycles. The number of rotatable bonds is 7. The largest absolute Gasteiger partial charge is 0.481 e. The number of nitrogens with zero attached hydrogens (tertiary/aromatic N) is 1. The molecule has 1 aromatic carbocycles. The Balaban J connectivity index is 2.91. The molecule has 4 nitrogen and oxygen atoms in total. The molecule has 0 aliphatic heterocycles. The second kappa shape index (κ2) is 7.94. The molecule has 1 N–H and O–H groups in total. The van der Waals surface area contributed by atoms with Crippen LogP contribution in [0.4, 0.5) is 0 Å².